The largest absolute Gasteiger partial charge is 0.496 e. The number of benzene rings is 2. The van der Waals surface area contributed by atoms with E-state index in [0.29, 0.717) is 22.8 Å². The topological polar surface area (TPSA) is 52.9 Å². The number of methoxy groups -OCH3 is 1. The van der Waals surface area contributed by atoms with Crippen LogP contribution in [0.25, 0.3) is 10.9 Å². The summed E-state index contributed by atoms with van der Waals surface area (Å²) in [5.74, 6) is 0.897. The summed E-state index contributed by atoms with van der Waals surface area (Å²) in [5, 5.41) is 0.743. The van der Waals surface area contributed by atoms with Crippen LogP contribution in [-0.4, -0.2) is 42.9 Å². The molecule has 0 saturated heterocycles. The molecule has 6 nitrogen and oxygen atoms in total. The minimum atomic E-state index is -0.412. The van der Waals surface area contributed by atoms with Crippen LogP contribution in [0, 0.1) is 0 Å². The van der Waals surface area contributed by atoms with E-state index in [0.717, 1.165) is 24.3 Å². The summed E-state index contributed by atoms with van der Waals surface area (Å²) in [6.07, 6.45) is -0.380. The minimum Gasteiger partial charge on any atom is -0.496 e. The van der Waals surface area contributed by atoms with Gasteiger partial charge >= 0.3 is 5.97 Å². The molecule has 0 fully saturated rings. The Morgan fingerprint density at radius 2 is 1.75 bits per heavy atom. The van der Waals surface area contributed by atoms with Gasteiger partial charge in [0.15, 0.2) is 6.23 Å². The predicted molar refractivity (Wildman–Crippen MR) is 139 cm³/mol. The molecule has 0 radical (unpaired) electrons. The predicted octanol–water partition coefficient (Wildman–Crippen LogP) is 6.54. The number of fused-ring (bicyclic) bond motifs is 1. The molecular formula is C22H24Br3ClN2O4. The molecule has 0 amide bonds. The van der Waals surface area contributed by atoms with Crippen molar-refractivity contribution in [3.05, 3.63) is 55.0 Å². The van der Waals surface area contributed by atoms with Gasteiger partial charge in [-0.15, -0.1) is 12.4 Å². The zero-order valence-corrected chi connectivity index (χ0v) is 23.8. The van der Waals surface area contributed by atoms with Gasteiger partial charge in [-0.2, -0.15) is 0 Å². The average Bonchev–Trinajstić information content (AvgIpc) is 2.97. The fraction of sp³-hybridized carbons (Fsp3) is 0.318. The summed E-state index contributed by atoms with van der Waals surface area (Å²) in [5.41, 5.74) is 2.04. The zero-order chi connectivity index (χ0) is 22.9. The maximum Gasteiger partial charge on any atom is 0.342 e. The number of esters is 1. The average molecular weight is 656 g/mol. The molecule has 0 aliphatic rings. The van der Waals surface area contributed by atoms with Crippen molar-refractivity contribution in [2.24, 2.45) is 7.05 Å². The molecule has 0 spiro atoms. The maximum atomic E-state index is 13.2. The Morgan fingerprint density at radius 3 is 2.34 bits per heavy atom. The summed E-state index contributed by atoms with van der Waals surface area (Å²) in [6, 6.07) is 9.45. The van der Waals surface area contributed by atoms with Crippen molar-refractivity contribution < 1.29 is 19.0 Å². The van der Waals surface area contributed by atoms with Crippen LogP contribution in [0.1, 0.15) is 23.0 Å². The smallest absolute Gasteiger partial charge is 0.342 e. The maximum absolute atomic E-state index is 13.2. The number of aromatic nitrogens is 1. The van der Waals surface area contributed by atoms with E-state index in [1.165, 1.54) is 0 Å². The molecule has 3 aromatic rings. The van der Waals surface area contributed by atoms with E-state index in [1.54, 1.807) is 7.11 Å². The van der Waals surface area contributed by atoms with Crippen molar-refractivity contribution in [3.8, 4) is 11.5 Å². The Balaban J connectivity index is 0.00000363. The number of hydrogen-bond acceptors (Lipinski definition) is 5. The molecule has 0 N–H and O–H groups in total. The van der Waals surface area contributed by atoms with Crippen molar-refractivity contribution >= 4 is 77.1 Å². The van der Waals surface area contributed by atoms with E-state index < -0.39 is 5.97 Å². The molecule has 0 aliphatic heterocycles. The lowest BCUT2D eigenvalue weighted by Gasteiger charge is -2.20. The molecule has 0 saturated carbocycles. The van der Waals surface area contributed by atoms with Gasteiger partial charge in [0.2, 0.25) is 0 Å². The van der Waals surface area contributed by atoms with Gasteiger partial charge in [-0.3, -0.25) is 4.90 Å². The Morgan fingerprint density at radius 1 is 1.09 bits per heavy atom. The van der Waals surface area contributed by atoms with Gasteiger partial charge in [0.25, 0.3) is 0 Å². The third-order valence-corrected chi connectivity index (χ3v) is 6.79. The van der Waals surface area contributed by atoms with Gasteiger partial charge in [0.1, 0.15) is 18.1 Å². The van der Waals surface area contributed by atoms with Crippen LogP contribution >= 0.6 is 60.2 Å². The first-order valence-electron chi connectivity index (χ1n) is 9.44. The van der Waals surface area contributed by atoms with Crippen molar-refractivity contribution in [3.63, 3.8) is 0 Å². The third kappa shape index (κ3) is 5.62. The van der Waals surface area contributed by atoms with Crippen LogP contribution in [0.15, 0.2) is 43.7 Å². The van der Waals surface area contributed by atoms with Crippen LogP contribution in [0.4, 0.5) is 0 Å². The van der Waals surface area contributed by atoms with Gasteiger partial charge in [0.05, 0.1) is 32.8 Å². The standard InChI is InChI=1S/C22H23Br3N2O4.ClH/c1-12(26(2)3)31-22(28)21-14-9-20(29-5)16(25)10-17(14)27(4)18(21)11-30-19-7-6-13(23)8-15(19)24;/h6-10,12H,11H2,1-5H3;1H. The van der Waals surface area contributed by atoms with Crippen molar-refractivity contribution in [1.29, 1.82) is 0 Å². The Bertz CT molecular complexity index is 1130. The first-order chi connectivity index (χ1) is 14.6. The fourth-order valence-corrected chi connectivity index (χ4v) is 4.75. The van der Waals surface area contributed by atoms with Crippen LogP contribution < -0.4 is 9.47 Å². The molecule has 1 atom stereocenters. The second kappa shape index (κ2) is 11.2. The third-order valence-electron chi connectivity index (χ3n) is 5.06. The first kappa shape index (κ1) is 27.0. The van der Waals surface area contributed by atoms with Crippen molar-refractivity contribution in [2.45, 2.75) is 19.8 Å². The lowest BCUT2D eigenvalue weighted by molar-refractivity contribution is -0.00551. The number of hydrogen-bond donors (Lipinski definition) is 0. The van der Waals surface area contributed by atoms with Crippen LogP contribution in [0.3, 0.4) is 0 Å². The highest BCUT2D eigenvalue weighted by atomic mass is 79.9. The summed E-state index contributed by atoms with van der Waals surface area (Å²) < 4.78 is 21.7. The fourth-order valence-electron chi connectivity index (χ4n) is 3.10. The normalized spacial score (nSPS) is 11.9. The zero-order valence-electron chi connectivity index (χ0n) is 18.2. The first-order valence-corrected chi connectivity index (χ1v) is 11.8. The number of rotatable bonds is 7. The van der Waals surface area contributed by atoms with E-state index in [4.69, 9.17) is 14.2 Å². The van der Waals surface area contributed by atoms with Crippen molar-refractivity contribution in [2.75, 3.05) is 21.2 Å². The van der Waals surface area contributed by atoms with Gasteiger partial charge in [-0.05, 0) is 83.2 Å². The van der Waals surface area contributed by atoms with Crippen LogP contribution in [-0.2, 0) is 18.4 Å². The monoisotopic (exact) mass is 652 g/mol. The van der Waals surface area contributed by atoms with Crippen LogP contribution in [0.2, 0.25) is 0 Å². The number of aryl methyl sites for hydroxylation is 1. The molecule has 10 heteroatoms. The quantitative estimate of drug-likeness (QED) is 0.214. The summed E-state index contributed by atoms with van der Waals surface area (Å²) in [6.45, 7) is 2.02. The summed E-state index contributed by atoms with van der Waals surface area (Å²) in [7, 11) is 7.21. The highest BCUT2D eigenvalue weighted by Gasteiger charge is 2.26. The molecule has 3 rings (SSSR count). The van der Waals surface area contributed by atoms with Crippen LogP contribution in [0.5, 0.6) is 11.5 Å². The highest BCUT2D eigenvalue weighted by Crippen LogP contribution is 2.36. The summed E-state index contributed by atoms with van der Waals surface area (Å²) >= 11 is 10.5. The molecule has 32 heavy (non-hydrogen) atoms. The molecule has 1 unspecified atom stereocenters. The SMILES string of the molecule is COc1cc2c(C(=O)OC(C)N(C)C)c(COc3ccc(Br)cc3Br)n(C)c2cc1Br.Cl. The van der Waals surface area contributed by atoms with Gasteiger partial charge < -0.3 is 18.8 Å². The highest BCUT2D eigenvalue weighted by molar-refractivity contribution is 9.11. The number of halogens is 4. The second-order valence-electron chi connectivity index (χ2n) is 7.22. The molecular weight excluding hydrogens is 631 g/mol. The van der Waals surface area contributed by atoms with Gasteiger partial charge in [0, 0.05) is 16.9 Å². The van der Waals surface area contributed by atoms with E-state index in [-0.39, 0.29) is 25.2 Å². The number of ether oxygens (including phenoxy) is 3. The Kier molecular flexibility index (Phi) is 9.48. The molecule has 174 valence electrons. The number of carbonyl (C=O) groups is 1. The van der Waals surface area contributed by atoms with Crippen molar-refractivity contribution in [1.82, 2.24) is 9.47 Å². The molecule has 0 aliphatic carbocycles. The lowest BCUT2D eigenvalue weighted by Crippen LogP contribution is -2.30. The second-order valence-corrected chi connectivity index (χ2v) is 9.84. The Hall–Kier alpha value is -1.26. The van der Waals surface area contributed by atoms with E-state index in [1.807, 2.05) is 67.9 Å². The van der Waals surface area contributed by atoms with E-state index in [2.05, 4.69) is 47.8 Å². The molecule has 2 aromatic carbocycles. The number of nitrogens with zero attached hydrogens (tertiary/aromatic N) is 2. The van der Waals surface area contributed by atoms with E-state index >= 15 is 0 Å². The number of carbonyl (C=O) groups excluding carboxylic acids is 1. The van der Waals surface area contributed by atoms with Gasteiger partial charge in [-0.25, -0.2) is 4.79 Å². The minimum absolute atomic E-state index is 0. The lowest BCUT2D eigenvalue weighted by atomic mass is 10.1. The summed E-state index contributed by atoms with van der Waals surface area (Å²) in [4.78, 5) is 15.1. The molecule has 0 bridgehead atoms. The van der Waals surface area contributed by atoms with E-state index in [9.17, 15) is 4.79 Å². The molecule has 1 heterocycles. The Labute approximate surface area is 219 Å². The van der Waals surface area contributed by atoms with Gasteiger partial charge in [-0.1, -0.05) is 15.9 Å². The molecule has 1 aromatic heterocycles.